The zero-order valence-corrected chi connectivity index (χ0v) is 16.4. The number of rotatable bonds is 9. The lowest BCUT2D eigenvalue weighted by Gasteiger charge is -2.24. The Morgan fingerprint density at radius 3 is 2.04 bits per heavy atom. The molecule has 0 aliphatic carbocycles. The lowest BCUT2D eigenvalue weighted by molar-refractivity contribution is -0.124. The van der Waals surface area contributed by atoms with Gasteiger partial charge in [0.1, 0.15) is 24.1 Å². The van der Waals surface area contributed by atoms with E-state index in [9.17, 15) is 9.59 Å². The van der Waals surface area contributed by atoms with E-state index >= 15 is 0 Å². The number of benzene rings is 1. The molecule has 1 aromatic carbocycles. The van der Waals surface area contributed by atoms with E-state index in [4.69, 9.17) is 14.2 Å². The molecule has 0 fully saturated rings. The molecule has 0 radical (unpaired) electrons. The van der Waals surface area contributed by atoms with Gasteiger partial charge in [0.25, 0.3) is 0 Å². The Morgan fingerprint density at radius 2 is 1.54 bits per heavy atom. The molecule has 0 aliphatic heterocycles. The molecule has 0 aromatic heterocycles. The Balaban J connectivity index is 2.51. The molecule has 146 valence electrons. The first-order valence-corrected chi connectivity index (χ1v) is 8.77. The van der Waals surface area contributed by atoms with Crippen LogP contribution in [0.15, 0.2) is 24.3 Å². The third-order valence-corrected chi connectivity index (χ3v) is 3.51. The fourth-order valence-corrected chi connectivity index (χ4v) is 2.18. The Hall–Kier alpha value is -2.44. The van der Waals surface area contributed by atoms with Gasteiger partial charge in [0, 0.05) is 0 Å². The number of ether oxygens (including phenoxy) is 3. The molecule has 0 aliphatic rings. The summed E-state index contributed by atoms with van der Waals surface area (Å²) in [4.78, 5) is 24.2. The summed E-state index contributed by atoms with van der Waals surface area (Å²) in [6.45, 7) is 9.37. The molecule has 2 N–H and O–H groups in total. The van der Waals surface area contributed by atoms with Crippen LogP contribution in [0.5, 0.6) is 11.5 Å². The molecular formula is C19H30N2O5. The fraction of sp³-hybridized carbons (Fsp3) is 0.579. The average Bonchev–Trinajstić information content (AvgIpc) is 2.57. The standard InChI is InChI=1S/C19H30N2O5/c1-12(2)17(21-19(23)26-13(3)4)18(22)20-14(5)11-25-16-9-7-15(24-6)8-10-16/h7-10,12-14,17H,11H2,1-6H3,(H,20,22)(H,21,23). The molecule has 7 heteroatoms. The van der Waals surface area contributed by atoms with Crippen LogP contribution >= 0.6 is 0 Å². The van der Waals surface area contributed by atoms with Crippen LogP contribution in [0.1, 0.15) is 34.6 Å². The van der Waals surface area contributed by atoms with Crippen LogP contribution in [0.3, 0.4) is 0 Å². The molecule has 0 heterocycles. The quantitative estimate of drug-likeness (QED) is 0.702. The van der Waals surface area contributed by atoms with Crippen molar-refractivity contribution in [3.05, 3.63) is 24.3 Å². The van der Waals surface area contributed by atoms with Crippen molar-refractivity contribution in [3.63, 3.8) is 0 Å². The molecular weight excluding hydrogens is 336 g/mol. The van der Waals surface area contributed by atoms with Crippen molar-refractivity contribution in [2.24, 2.45) is 5.92 Å². The molecule has 7 nitrogen and oxygen atoms in total. The zero-order chi connectivity index (χ0) is 19.7. The van der Waals surface area contributed by atoms with Gasteiger partial charge in [-0.3, -0.25) is 4.79 Å². The number of nitrogens with one attached hydrogen (secondary N) is 2. The van der Waals surface area contributed by atoms with Gasteiger partial charge in [0.2, 0.25) is 5.91 Å². The summed E-state index contributed by atoms with van der Waals surface area (Å²) in [5.41, 5.74) is 0. The van der Waals surface area contributed by atoms with Gasteiger partial charge in [-0.25, -0.2) is 4.79 Å². The van der Waals surface area contributed by atoms with Gasteiger partial charge in [0.05, 0.1) is 19.3 Å². The molecule has 1 rings (SSSR count). The summed E-state index contributed by atoms with van der Waals surface area (Å²) in [6.07, 6.45) is -0.848. The van der Waals surface area contributed by atoms with Crippen molar-refractivity contribution in [1.29, 1.82) is 0 Å². The summed E-state index contributed by atoms with van der Waals surface area (Å²) in [5.74, 6) is 1.08. The van der Waals surface area contributed by atoms with Gasteiger partial charge < -0.3 is 24.8 Å². The maximum Gasteiger partial charge on any atom is 0.408 e. The molecule has 0 spiro atoms. The predicted molar refractivity (Wildman–Crippen MR) is 99.5 cm³/mol. The first kappa shape index (κ1) is 21.6. The SMILES string of the molecule is COc1ccc(OCC(C)NC(=O)C(NC(=O)OC(C)C)C(C)C)cc1. The predicted octanol–water partition coefficient (Wildman–Crippen LogP) is 2.74. The van der Waals surface area contributed by atoms with E-state index < -0.39 is 12.1 Å². The number of carbonyl (C=O) groups excluding carboxylic acids is 2. The van der Waals surface area contributed by atoms with Crippen LogP contribution in [0, 0.1) is 5.92 Å². The minimum absolute atomic E-state index is 0.0792. The van der Waals surface area contributed by atoms with E-state index in [1.807, 2.05) is 20.8 Å². The fourth-order valence-electron chi connectivity index (χ4n) is 2.18. The molecule has 1 aromatic rings. The Labute approximate surface area is 155 Å². The van der Waals surface area contributed by atoms with Gasteiger partial charge in [-0.05, 0) is 51.0 Å². The third kappa shape index (κ3) is 7.63. The number of hydrogen-bond acceptors (Lipinski definition) is 5. The maximum atomic E-state index is 12.5. The van der Waals surface area contributed by atoms with E-state index in [1.54, 1.807) is 45.2 Å². The van der Waals surface area contributed by atoms with Gasteiger partial charge in [-0.1, -0.05) is 13.8 Å². The van der Waals surface area contributed by atoms with Crippen molar-refractivity contribution in [3.8, 4) is 11.5 Å². The molecule has 2 atom stereocenters. The Morgan fingerprint density at radius 1 is 0.962 bits per heavy atom. The van der Waals surface area contributed by atoms with Crippen LogP contribution in [-0.2, 0) is 9.53 Å². The van der Waals surface area contributed by atoms with Crippen molar-refractivity contribution < 1.29 is 23.8 Å². The lowest BCUT2D eigenvalue weighted by atomic mass is 10.0. The highest BCUT2D eigenvalue weighted by atomic mass is 16.6. The first-order chi connectivity index (χ1) is 12.2. The van der Waals surface area contributed by atoms with E-state index in [2.05, 4.69) is 10.6 Å². The average molecular weight is 366 g/mol. The summed E-state index contributed by atoms with van der Waals surface area (Å²) >= 11 is 0. The topological polar surface area (TPSA) is 85.9 Å². The normalized spacial score (nSPS) is 13.1. The van der Waals surface area contributed by atoms with Crippen LogP contribution in [-0.4, -0.2) is 43.9 Å². The summed E-state index contributed by atoms with van der Waals surface area (Å²) in [5, 5.41) is 5.47. The smallest absolute Gasteiger partial charge is 0.408 e. The summed E-state index contributed by atoms with van der Waals surface area (Å²) < 4.78 is 15.8. The van der Waals surface area contributed by atoms with E-state index in [1.165, 1.54) is 0 Å². The molecule has 2 amide bonds. The molecule has 2 unspecified atom stereocenters. The molecule has 0 saturated heterocycles. The highest BCUT2D eigenvalue weighted by molar-refractivity contribution is 5.86. The van der Waals surface area contributed by atoms with Gasteiger partial charge in [-0.2, -0.15) is 0 Å². The van der Waals surface area contributed by atoms with E-state index in [0.717, 1.165) is 5.75 Å². The monoisotopic (exact) mass is 366 g/mol. The lowest BCUT2D eigenvalue weighted by Crippen LogP contribution is -2.52. The van der Waals surface area contributed by atoms with Crippen molar-refractivity contribution >= 4 is 12.0 Å². The van der Waals surface area contributed by atoms with Crippen LogP contribution in [0.25, 0.3) is 0 Å². The van der Waals surface area contributed by atoms with Crippen LogP contribution in [0.2, 0.25) is 0 Å². The second-order valence-electron chi connectivity index (χ2n) is 6.72. The third-order valence-electron chi connectivity index (χ3n) is 3.51. The van der Waals surface area contributed by atoms with Gasteiger partial charge >= 0.3 is 6.09 Å². The van der Waals surface area contributed by atoms with E-state index in [0.29, 0.717) is 12.4 Å². The van der Waals surface area contributed by atoms with Gasteiger partial charge in [-0.15, -0.1) is 0 Å². The zero-order valence-electron chi connectivity index (χ0n) is 16.4. The minimum Gasteiger partial charge on any atom is -0.497 e. The Bertz CT molecular complexity index is 572. The number of carbonyl (C=O) groups is 2. The Kier molecular flexibility index (Phi) is 8.75. The largest absolute Gasteiger partial charge is 0.497 e. The number of amides is 2. The second-order valence-corrected chi connectivity index (χ2v) is 6.72. The number of hydrogen-bond donors (Lipinski definition) is 2. The summed E-state index contributed by atoms with van der Waals surface area (Å²) in [7, 11) is 1.60. The molecule has 0 saturated carbocycles. The van der Waals surface area contributed by atoms with Crippen LogP contribution in [0.4, 0.5) is 4.79 Å². The highest BCUT2D eigenvalue weighted by Gasteiger charge is 2.26. The maximum absolute atomic E-state index is 12.5. The van der Waals surface area contributed by atoms with Crippen molar-refractivity contribution in [1.82, 2.24) is 10.6 Å². The molecule has 26 heavy (non-hydrogen) atoms. The van der Waals surface area contributed by atoms with Crippen molar-refractivity contribution in [2.75, 3.05) is 13.7 Å². The number of methoxy groups -OCH3 is 1. The first-order valence-electron chi connectivity index (χ1n) is 8.77. The van der Waals surface area contributed by atoms with E-state index in [-0.39, 0.29) is 24.0 Å². The van der Waals surface area contributed by atoms with Crippen LogP contribution < -0.4 is 20.1 Å². The highest BCUT2D eigenvalue weighted by Crippen LogP contribution is 2.17. The molecule has 0 bridgehead atoms. The summed E-state index contributed by atoms with van der Waals surface area (Å²) in [6, 6.07) is 6.30. The van der Waals surface area contributed by atoms with Gasteiger partial charge in [0.15, 0.2) is 0 Å². The minimum atomic E-state index is -0.676. The number of alkyl carbamates (subject to hydrolysis) is 1. The second kappa shape index (κ2) is 10.5. The van der Waals surface area contributed by atoms with Crippen molar-refractivity contribution in [2.45, 2.75) is 52.8 Å².